The summed E-state index contributed by atoms with van der Waals surface area (Å²) in [5.74, 6) is -7.38. The third-order valence-electron chi connectivity index (χ3n) is 12.5. The second-order valence-corrected chi connectivity index (χ2v) is 16.0. The molecule has 0 saturated carbocycles. The number of aromatic hydroxyl groups is 8. The highest BCUT2D eigenvalue weighted by Gasteiger charge is 2.37. The Labute approximate surface area is 340 Å². The van der Waals surface area contributed by atoms with Gasteiger partial charge in [-0.3, -0.25) is 0 Å². The first-order valence-corrected chi connectivity index (χ1v) is 19.3. The summed E-state index contributed by atoms with van der Waals surface area (Å²) >= 11 is 0. The van der Waals surface area contributed by atoms with Gasteiger partial charge in [0.15, 0.2) is 23.0 Å². The molecule has 11 rings (SSSR count). The Balaban J connectivity index is 1.21. The van der Waals surface area contributed by atoms with Crippen molar-refractivity contribution in [1.82, 2.24) is 0 Å². The monoisotopic (exact) mass is 790 g/mol. The Morgan fingerprint density at radius 3 is 1.55 bits per heavy atom. The molecular weight excluding hydrogens is 757 g/mol. The van der Waals surface area contributed by atoms with Crippen molar-refractivity contribution < 1.29 is 45.3 Å². The molecule has 9 heteroatoms. The second-order valence-electron chi connectivity index (χ2n) is 16.0. The molecule has 60 heavy (non-hydrogen) atoms. The number of furan rings is 1. The summed E-state index contributed by atoms with van der Waals surface area (Å²) in [6.45, 7) is 4.14. The fourth-order valence-electron chi connectivity index (χ4n) is 9.67. The summed E-state index contributed by atoms with van der Waals surface area (Å²) in [5.41, 5.74) is 7.27. The van der Waals surface area contributed by atoms with Crippen molar-refractivity contribution >= 4 is 54.3 Å². The van der Waals surface area contributed by atoms with Crippen LogP contribution in [0.4, 0.5) is 0 Å². The van der Waals surface area contributed by atoms with Crippen molar-refractivity contribution in [2.24, 2.45) is 0 Å². The van der Waals surface area contributed by atoms with E-state index >= 15 is 0 Å². The molecule has 8 N–H and O–H groups in total. The van der Waals surface area contributed by atoms with Crippen LogP contribution in [-0.4, -0.2) is 40.9 Å². The zero-order chi connectivity index (χ0) is 41.5. The lowest BCUT2D eigenvalue weighted by atomic mass is 9.80. The molecule has 1 aromatic heterocycles. The zero-order valence-corrected chi connectivity index (χ0v) is 32.0. The number of hydrogen-bond acceptors (Lipinski definition) is 9. The number of hydrogen-bond donors (Lipinski definition) is 8. The largest absolute Gasteiger partial charge is 0.504 e. The normalized spacial score (nSPS) is 13.2. The van der Waals surface area contributed by atoms with Gasteiger partial charge in [0.05, 0.1) is 0 Å². The maximum atomic E-state index is 11.8. The van der Waals surface area contributed by atoms with Crippen LogP contribution < -0.4 is 0 Å². The van der Waals surface area contributed by atoms with Gasteiger partial charge in [0.25, 0.3) is 0 Å². The minimum absolute atomic E-state index is 0.00663. The van der Waals surface area contributed by atoms with Gasteiger partial charge in [0.2, 0.25) is 23.0 Å². The van der Waals surface area contributed by atoms with Crippen molar-refractivity contribution in [2.75, 3.05) is 0 Å². The number of rotatable bonds is 3. The molecule has 292 valence electrons. The molecule has 0 aliphatic heterocycles. The van der Waals surface area contributed by atoms with Gasteiger partial charge in [-0.15, -0.1) is 0 Å². The van der Waals surface area contributed by atoms with Gasteiger partial charge in [-0.25, -0.2) is 0 Å². The molecule has 0 atom stereocenters. The highest BCUT2D eigenvalue weighted by Crippen LogP contribution is 2.62. The molecule has 9 aromatic carbocycles. The van der Waals surface area contributed by atoms with Crippen LogP contribution in [0.5, 0.6) is 46.0 Å². The van der Waals surface area contributed by atoms with E-state index in [0.29, 0.717) is 16.7 Å². The van der Waals surface area contributed by atoms with Gasteiger partial charge in [-0.2, -0.15) is 0 Å². The maximum Gasteiger partial charge on any atom is 0.204 e. The molecule has 0 saturated heterocycles. The fraction of sp³-hybridized carbons (Fsp3) is 0.0588. The van der Waals surface area contributed by atoms with E-state index in [2.05, 4.69) is 26.0 Å². The third kappa shape index (κ3) is 4.45. The standard InChI is InChI=1S/C51H34O9/c1-51(2)32-12-6-5-10-29(32)30-20-19-26(22-33(30)51)36-40-38(42(52)46(56)48(58)44(40)54)35(39-41(36)45(55)49(59)47(57)43(39)53)25-16-14-24(15-17-25)27-11-7-13-34-37(27)31-21-18-23-8-3-4-9-28(23)50(31)60-34/h3-22,52-59H,1-2H3. The number of phenols is 8. The van der Waals surface area contributed by atoms with E-state index in [0.717, 1.165) is 60.5 Å². The smallest absolute Gasteiger partial charge is 0.204 e. The SMILES string of the molecule is CC1(C)c2ccccc2-c2ccc(-c3c4c(O)c(O)c(O)c(O)c4c(-c4ccc(-c5cccc6oc7c8ccccc8ccc7c56)cc4)c4c(O)c(O)c(O)c(O)c34)cc21. The molecular formula is C51H34O9. The molecule has 0 amide bonds. The van der Waals surface area contributed by atoms with Gasteiger partial charge in [0.1, 0.15) is 11.2 Å². The molecule has 0 fully saturated rings. The lowest BCUT2D eigenvalue weighted by molar-refractivity contribution is 0.350. The number of fused-ring (bicyclic) bond motifs is 10. The van der Waals surface area contributed by atoms with Crippen molar-refractivity contribution in [3.8, 4) is 90.5 Å². The third-order valence-corrected chi connectivity index (χ3v) is 12.5. The summed E-state index contributed by atoms with van der Waals surface area (Å²) < 4.78 is 6.42. The van der Waals surface area contributed by atoms with Crippen molar-refractivity contribution in [3.05, 3.63) is 132 Å². The quantitative estimate of drug-likeness (QED) is 0.0492. The first-order chi connectivity index (χ1) is 28.9. The molecule has 0 spiro atoms. The first-order valence-electron chi connectivity index (χ1n) is 19.3. The average Bonchev–Trinajstić information content (AvgIpc) is 3.77. The summed E-state index contributed by atoms with van der Waals surface area (Å²) in [7, 11) is 0. The van der Waals surface area contributed by atoms with Gasteiger partial charge in [0, 0.05) is 54.2 Å². The van der Waals surface area contributed by atoms with E-state index in [1.165, 1.54) is 0 Å². The van der Waals surface area contributed by atoms with Crippen LogP contribution in [0.1, 0.15) is 25.0 Å². The zero-order valence-electron chi connectivity index (χ0n) is 32.0. The highest BCUT2D eigenvalue weighted by molar-refractivity contribution is 6.29. The molecule has 1 aliphatic rings. The number of phenolic OH excluding ortho intramolecular Hbond substituents is 8. The minimum atomic E-state index is -1.02. The van der Waals surface area contributed by atoms with E-state index in [9.17, 15) is 40.9 Å². The minimum Gasteiger partial charge on any atom is -0.504 e. The Bertz CT molecular complexity index is 3460. The number of benzene rings is 9. The highest BCUT2D eigenvalue weighted by atomic mass is 16.4. The predicted molar refractivity (Wildman–Crippen MR) is 233 cm³/mol. The second kappa shape index (κ2) is 12.0. The van der Waals surface area contributed by atoms with Crippen LogP contribution in [0.2, 0.25) is 0 Å². The van der Waals surface area contributed by atoms with Gasteiger partial charge in [-0.1, -0.05) is 117 Å². The lowest BCUT2D eigenvalue weighted by Gasteiger charge is -2.24. The molecule has 1 heterocycles. The maximum absolute atomic E-state index is 11.8. The lowest BCUT2D eigenvalue weighted by Crippen LogP contribution is -2.14. The van der Waals surface area contributed by atoms with Crippen molar-refractivity contribution in [3.63, 3.8) is 0 Å². The summed E-state index contributed by atoms with van der Waals surface area (Å²) in [4.78, 5) is 0. The molecule has 0 unspecified atom stereocenters. The molecule has 0 bridgehead atoms. The average molecular weight is 791 g/mol. The van der Waals surface area contributed by atoms with Gasteiger partial charge < -0.3 is 45.3 Å². The van der Waals surface area contributed by atoms with Crippen molar-refractivity contribution in [1.29, 1.82) is 0 Å². The van der Waals surface area contributed by atoms with Gasteiger partial charge in [-0.05, 0) is 68.1 Å². The Morgan fingerprint density at radius 2 is 0.900 bits per heavy atom. The summed E-state index contributed by atoms with van der Waals surface area (Å²) in [5, 5.41) is 94.5. The topological polar surface area (TPSA) is 175 Å². The summed E-state index contributed by atoms with van der Waals surface area (Å²) in [6.07, 6.45) is 0. The van der Waals surface area contributed by atoms with Crippen LogP contribution in [0.25, 0.3) is 98.8 Å². The molecule has 9 nitrogen and oxygen atoms in total. The van der Waals surface area contributed by atoms with Crippen LogP contribution >= 0.6 is 0 Å². The van der Waals surface area contributed by atoms with Crippen LogP contribution in [-0.2, 0) is 5.41 Å². The van der Waals surface area contributed by atoms with Crippen LogP contribution in [0.3, 0.4) is 0 Å². The van der Waals surface area contributed by atoms with Crippen LogP contribution in [0.15, 0.2) is 126 Å². The van der Waals surface area contributed by atoms with E-state index in [1.54, 1.807) is 18.2 Å². The molecule has 1 aliphatic carbocycles. The van der Waals surface area contributed by atoms with E-state index in [1.807, 2.05) is 91.0 Å². The van der Waals surface area contributed by atoms with Crippen LogP contribution in [0, 0.1) is 0 Å². The Hall–Kier alpha value is -8.04. The predicted octanol–water partition coefficient (Wildman–Crippen LogP) is 12.0. The Kier molecular flexibility index (Phi) is 7.03. The summed E-state index contributed by atoms with van der Waals surface area (Å²) in [6, 6.07) is 38.4. The van der Waals surface area contributed by atoms with Crippen molar-refractivity contribution in [2.45, 2.75) is 19.3 Å². The Morgan fingerprint density at radius 1 is 0.383 bits per heavy atom. The van der Waals surface area contributed by atoms with E-state index < -0.39 is 51.4 Å². The molecule has 0 radical (unpaired) electrons. The van der Waals surface area contributed by atoms with E-state index in [-0.39, 0.29) is 32.7 Å². The molecule has 10 aromatic rings. The fourth-order valence-corrected chi connectivity index (χ4v) is 9.67. The van der Waals surface area contributed by atoms with Gasteiger partial charge >= 0.3 is 0 Å². The van der Waals surface area contributed by atoms with E-state index in [4.69, 9.17) is 4.42 Å². The first kappa shape index (κ1) is 35.1.